The monoisotopic (exact) mass is 294 g/mol. The van der Waals surface area contributed by atoms with Crippen molar-refractivity contribution < 1.29 is 14.6 Å². The predicted molar refractivity (Wildman–Crippen MR) is 77.8 cm³/mol. The zero-order chi connectivity index (χ0) is 14.3. The summed E-state index contributed by atoms with van der Waals surface area (Å²) in [5.41, 5.74) is 3.24. The molecular formula is C16H19ClO3. The van der Waals surface area contributed by atoms with Crippen molar-refractivity contribution in [1.29, 1.82) is 0 Å². The van der Waals surface area contributed by atoms with Gasteiger partial charge in [-0.3, -0.25) is 4.79 Å². The minimum absolute atomic E-state index is 0.165. The van der Waals surface area contributed by atoms with E-state index in [1.165, 1.54) is 17.5 Å². The summed E-state index contributed by atoms with van der Waals surface area (Å²) in [5.74, 6) is -0.0514. The van der Waals surface area contributed by atoms with Crippen molar-refractivity contribution in [3.05, 3.63) is 27.8 Å². The topological polar surface area (TPSA) is 46.5 Å². The van der Waals surface area contributed by atoms with Gasteiger partial charge in [-0.15, -0.1) is 0 Å². The Morgan fingerprint density at radius 1 is 1.40 bits per heavy atom. The van der Waals surface area contributed by atoms with E-state index in [1.807, 2.05) is 0 Å². The first kappa shape index (κ1) is 13.7. The zero-order valence-corrected chi connectivity index (χ0v) is 12.4. The highest BCUT2D eigenvalue weighted by molar-refractivity contribution is 6.33. The first-order valence-electron chi connectivity index (χ1n) is 7.18. The Bertz CT molecular complexity index is 561. The largest absolute Gasteiger partial charge is 0.495 e. The standard InChI is InChI=1S/C16H19ClO3/c1-20-15-12(16(6-7-16)9-13(18)19)8-10-4-2-3-5-11(10)14(15)17/h8H,2-7,9H2,1H3,(H,18,19). The lowest BCUT2D eigenvalue weighted by atomic mass is 9.84. The van der Waals surface area contributed by atoms with Gasteiger partial charge in [0.1, 0.15) is 5.75 Å². The maximum Gasteiger partial charge on any atom is 0.304 e. The number of methoxy groups -OCH3 is 1. The van der Waals surface area contributed by atoms with Crippen LogP contribution in [0.2, 0.25) is 5.02 Å². The second-order valence-electron chi connectivity index (χ2n) is 5.97. The van der Waals surface area contributed by atoms with Gasteiger partial charge < -0.3 is 9.84 Å². The van der Waals surface area contributed by atoms with Crippen LogP contribution in [-0.2, 0) is 23.1 Å². The molecule has 1 aromatic carbocycles. The quantitative estimate of drug-likeness (QED) is 0.920. The number of rotatable bonds is 4. The van der Waals surface area contributed by atoms with Gasteiger partial charge in [-0.25, -0.2) is 0 Å². The molecule has 1 N–H and O–H groups in total. The van der Waals surface area contributed by atoms with E-state index in [0.717, 1.165) is 37.7 Å². The van der Waals surface area contributed by atoms with Gasteiger partial charge in [0.25, 0.3) is 0 Å². The molecule has 0 heterocycles. The van der Waals surface area contributed by atoms with Crippen molar-refractivity contribution in [3.63, 3.8) is 0 Å². The number of hydrogen-bond donors (Lipinski definition) is 1. The molecule has 0 bridgehead atoms. The molecule has 0 aromatic heterocycles. The van der Waals surface area contributed by atoms with Crippen molar-refractivity contribution in [1.82, 2.24) is 0 Å². The molecule has 1 fully saturated rings. The van der Waals surface area contributed by atoms with Crippen LogP contribution in [0.15, 0.2) is 6.07 Å². The van der Waals surface area contributed by atoms with Gasteiger partial charge in [-0.05, 0) is 49.7 Å². The number of benzene rings is 1. The third-order valence-electron chi connectivity index (χ3n) is 4.66. The van der Waals surface area contributed by atoms with E-state index in [2.05, 4.69) is 6.07 Å². The van der Waals surface area contributed by atoms with E-state index in [4.69, 9.17) is 21.4 Å². The van der Waals surface area contributed by atoms with Gasteiger partial charge in [0.05, 0.1) is 18.6 Å². The average Bonchev–Trinajstić information content (AvgIpc) is 3.18. The van der Waals surface area contributed by atoms with E-state index >= 15 is 0 Å². The van der Waals surface area contributed by atoms with E-state index < -0.39 is 5.97 Å². The molecule has 0 aliphatic heterocycles. The number of aliphatic carboxylic acids is 1. The lowest BCUT2D eigenvalue weighted by molar-refractivity contribution is -0.137. The maximum atomic E-state index is 11.1. The van der Waals surface area contributed by atoms with Crippen molar-refractivity contribution in [3.8, 4) is 5.75 Å². The second-order valence-corrected chi connectivity index (χ2v) is 6.34. The van der Waals surface area contributed by atoms with Crippen LogP contribution in [0.4, 0.5) is 0 Å². The maximum absolute atomic E-state index is 11.1. The SMILES string of the molecule is COc1c(C2(CC(=O)O)CC2)cc2c(c1Cl)CCCC2. The van der Waals surface area contributed by atoms with Gasteiger partial charge in [0, 0.05) is 11.0 Å². The normalized spacial score (nSPS) is 19.3. The highest BCUT2D eigenvalue weighted by Gasteiger charge is 2.48. The number of fused-ring (bicyclic) bond motifs is 1. The summed E-state index contributed by atoms with van der Waals surface area (Å²) >= 11 is 6.53. The number of halogens is 1. The van der Waals surface area contributed by atoms with Crippen LogP contribution in [0.1, 0.15) is 48.8 Å². The Balaban J connectivity index is 2.11. The lowest BCUT2D eigenvalue weighted by Gasteiger charge is -2.25. The zero-order valence-electron chi connectivity index (χ0n) is 11.7. The molecule has 0 unspecified atom stereocenters. The Hall–Kier alpha value is -1.22. The molecule has 3 nitrogen and oxygen atoms in total. The summed E-state index contributed by atoms with van der Waals surface area (Å²) in [5, 5.41) is 9.85. The molecule has 108 valence electrons. The Kier molecular flexibility index (Phi) is 3.41. The summed E-state index contributed by atoms with van der Waals surface area (Å²) in [6.07, 6.45) is 6.36. The van der Waals surface area contributed by atoms with Crippen molar-refractivity contribution in [2.24, 2.45) is 0 Å². The molecule has 4 heteroatoms. The molecule has 1 saturated carbocycles. The average molecular weight is 295 g/mol. The lowest BCUT2D eigenvalue weighted by Crippen LogP contribution is -2.16. The summed E-state index contributed by atoms with van der Waals surface area (Å²) in [7, 11) is 1.62. The third-order valence-corrected chi connectivity index (χ3v) is 5.06. The molecule has 0 spiro atoms. The van der Waals surface area contributed by atoms with E-state index in [9.17, 15) is 4.79 Å². The molecule has 20 heavy (non-hydrogen) atoms. The predicted octanol–water partition coefficient (Wildman–Crippen LogP) is 3.73. The van der Waals surface area contributed by atoms with E-state index in [-0.39, 0.29) is 11.8 Å². The number of ether oxygens (including phenoxy) is 1. The molecule has 1 aromatic rings. The van der Waals surface area contributed by atoms with Gasteiger partial charge in [0.2, 0.25) is 0 Å². The van der Waals surface area contributed by atoms with Gasteiger partial charge in [0.15, 0.2) is 0 Å². The minimum Gasteiger partial charge on any atom is -0.495 e. The summed E-state index contributed by atoms with van der Waals surface area (Å²) < 4.78 is 5.53. The molecule has 2 aliphatic carbocycles. The third kappa shape index (κ3) is 2.18. The number of aryl methyl sites for hydroxylation is 1. The van der Waals surface area contributed by atoms with Crippen LogP contribution in [0.5, 0.6) is 5.75 Å². The first-order valence-corrected chi connectivity index (χ1v) is 7.56. The molecule has 0 atom stereocenters. The smallest absolute Gasteiger partial charge is 0.304 e. The molecule has 2 aliphatic rings. The fourth-order valence-corrected chi connectivity index (χ4v) is 3.80. The van der Waals surface area contributed by atoms with Crippen LogP contribution >= 0.6 is 11.6 Å². The van der Waals surface area contributed by atoms with E-state index in [0.29, 0.717) is 10.8 Å². The van der Waals surface area contributed by atoms with Gasteiger partial charge in [-0.2, -0.15) is 0 Å². The van der Waals surface area contributed by atoms with Crippen molar-refractivity contribution in [2.45, 2.75) is 50.4 Å². The van der Waals surface area contributed by atoms with Gasteiger partial charge >= 0.3 is 5.97 Å². The first-order chi connectivity index (χ1) is 9.57. The molecule has 0 saturated heterocycles. The highest BCUT2D eigenvalue weighted by atomic mass is 35.5. The molecular weight excluding hydrogens is 276 g/mol. The van der Waals surface area contributed by atoms with Crippen LogP contribution in [-0.4, -0.2) is 18.2 Å². The van der Waals surface area contributed by atoms with E-state index in [1.54, 1.807) is 7.11 Å². The Morgan fingerprint density at radius 3 is 2.70 bits per heavy atom. The van der Waals surface area contributed by atoms with Crippen molar-refractivity contribution >= 4 is 17.6 Å². The Labute approximate surface area is 123 Å². The number of carboxylic acid groups (broad SMARTS) is 1. The fraction of sp³-hybridized carbons (Fsp3) is 0.562. The van der Waals surface area contributed by atoms with Crippen LogP contribution < -0.4 is 4.74 Å². The number of carboxylic acids is 1. The summed E-state index contributed by atoms with van der Waals surface area (Å²) in [6.45, 7) is 0. The molecule has 3 rings (SSSR count). The van der Waals surface area contributed by atoms with Crippen LogP contribution in [0, 0.1) is 0 Å². The minimum atomic E-state index is -0.751. The summed E-state index contributed by atoms with van der Waals surface area (Å²) in [4.78, 5) is 11.1. The van der Waals surface area contributed by atoms with Crippen LogP contribution in [0.25, 0.3) is 0 Å². The van der Waals surface area contributed by atoms with Crippen LogP contribution in [0.3, 0.4) is 0 Å². The second kappa shape index (κ2) is 4.96. The van der Waals surface area contributed by atoms with Crippen molar-refractivity contribution in [2.75, 3.05) is 7.11 Å². The number of hydrogen-bond acceptors (Lipinski definition) is 2. The highest BCUT2D eigenvalue weighted by Crippen LogP contribution is 2.56. The fourth-order valence-electron chi connectivity index (χ4n) is 3.41. The number of carbonyl (C=O) groups is 1. The molecule has 0 amide bonds. The van der Waals surface area contributed by atoms with Gasteiger partial charge in [-0.1, -0.05) is 17.7 Å². The molecule has 0 radical (unpaired) electrons. The Morgan fingerprint density at radius 2 is 2.10 bits per heavy atom. The summed E-state index contributed by atoms with van der Waals surface area (Å²) in [6, 6.07) is 2.16.